The van der Waals surface area contributed by atoms with Crippen LogP contribution in [-0.4, -0.2) is 55.0 Å². The first-order valence-corrected chi connectivity index (χ1v) is 10.9. The molecular weight excluding hydrogens is 443 g/mol. The summed E-state index contributed by atoms with van der Waals surface area (Å²) >= 11 is 0. The Morgan fingerprint density at radius 1 is 1.16 bits per heavy atom. The summed E-state index contributed by atoms with van der Waals surface area (Å²) in [6.07, 6.45) is 0.133. The molecule has 31 heavy (non-hydrogen) atoms. The van der Waals surface area contributed by atoms with Gasteiger partial charge in [-0.3, -0.25) is 4.79 Å². The molecule has 0 radical (unpaired) electrons. The first kappa shape index (κ1) is 23.2. The Hall–Kier alpha value is -2.50. The third kappa shape index (κ3) is 5.05. The van der Waals surface area contributed by atoms with Crippen LogP contribution in [0.1, 0.15) is 50.4 Å². The lowest BCUT2D eigenvalue weighted by Gasteiger charge is -2.44. The summed E-state index contributed by atoms with van der Waals surface area (Å²) in [5.41, 5.74) is -7.08. The van der Waals surface area contributed by atoms with E-state index in [1.165, 1.54) is 11.0 Å². The first-order valence-electron chi connectivity index (χ1n) is 9.46. The van der Waals surface area contributed by atoms with Gasteiger partial charge < -0.3 is 18.6 Å². The van der Waals surface area contributed by atoms with Crippen LogP contribution in [0.25, 0.3) is 0 Å². The van der Waals surface area contributed by atoms with Gasteiger partial charge >= 0.3 is 21.7 Å². The second-order valence-electron chi connectivity index (χ2n) is 8.49. The highest BCUT2D eigenvalue weighted by Crippen LogP contribution is 2.41. The van der Waals surface area contributed by atoms with Crippen LogP contribution in [0, 0.1) is 0 Å². The van der Waals surface area contributed by atoms with Crippen molar-refractivity contribution < 1.29 is 44.8 Å². The van der Waals surface area contributed by atoms with E-state index in [1.807, 2.05) is 0 Å². The molecule has 8 nitrogen and oxygen atoms in total. The Balaban J connectivity index is 1.76. The Kier molecular flexibility index (Phi) is 5.66. The summed E-state index contributed by atoms with van der Waals surface area (Å²) in [6.45, 7) is 5.75. The third-order valence-electron chi connectivity index (χ3n) is 4.88. The maximum absolute atomic E-state index is 12.6. The Morgan fingerprint density at radius 2 is 1.77 bits per heavy atom. The number of likely N-dealkylation sites (tertiary alicyclic amines) is 1. The van der Waals surface area contributed by atoms with Gasteiger partial charge in [0.05, 0.1) is 12.0 Å². The number of hydrogen-bond donors (Lipinski definition) is 0. The summed E-state index contributed by atoms with van der Waals surface area (Å²) in [4.78, 5) is 26.3. The van der Waals surface area contributed by atoms with E-state index in [2.05, 4.69) is 4.18 Å². The van der Waals surface area contributed by atoms with Crippen molar-refractivity contribution in [2.45, 2.75) is 56.7 Å². The maximum atomic E-state index is 12.6. The molecule has 1 fully saturated rings. The quantitative estimate of drug-likeness (QED) is 0.486. The number of halogens is 3. The number of ketones is 1. The van der Waals surface area contributed by atoms with Crippen molar-refractivity contribution in [1.29, 1.82) is 0 Å². The molecule has 1 aromatic rings. The number of benzene rings is 1. The molecule has 2 heterocycles. The van der Waals surface area contributed by atoms with Crippen LogP contribution < -0.4 is 8.92 Å². The van der Waals surface area contributed by atoms with Gasteiger partial charge in [-0.2, -0.15) is 21.6 Å². The fourth-order valence-electron chi connectivity index (χ4n) is 3.40. The zero-order valence-electron chi connectivity index (χ0n) is 17.1. The molecule has 1 aromatic carbocycles. The van der Waals surface area contributed by atoms with Gasteiger partial charge in [-0.15, -0.1) is 0 Å². The van der Waals surface area contributed by atoms with Gasteiger partial charge in [-0.05, 0) is 32.9 Å². The summed E-state index contributed by atoms with van der Waals surface area (Å²) in [6, 6.07) is 3.09. The number of fused-ring (bicyclic) bond motifs is 1. The maximum Gasteiger partial charge on any atom is 0.534 e. The van der Waals surface area contributed by atoms with Gasteiger partial charge in [0.15, 0.2) is 5.78 Å². The highest BCUT2D eigenvalue weighted by molar-refractivity contribution is 7.88. The minimum atomic E-state index is -5.85. The minimum absolute atomic E-state index is 0.0310. The molecule has 0 unspecified atom stereocenters. The average Bonchev–Trinajstić information content (AvgIpc) is 2.59. The minimum Gasteiger partial charge on any atom is -0.486 e. The fourth-order valence-corrected chi connectivity index (χ4v) is 3.85. The highest BCUT2D eigenvalue weighted by Gasteiger charge is 2.49. The van der Waals surface area contributed by atoms with Gasteiger partial charge in [0, 0.05) is 32.0 Å². The van der Waals surface area contributed by atoms with E-state index in [1.54, 1.807) is 20.8 Å². The second-order valence-corrected chi connectivity index (χ2v) is 10.0. The molecule has 2 aliphatic rings. The molecule has 3 rings (SSSR count). The Morgan fingerprint density at radius 3 is 2.32 bits per heavy atom. The van der Waals surface area contributed by atoms with E-state index in [0.29, 0.717) is 12.8 Å². The first-order chi connectivity index (χ1) is 14.1. The van der Waals surface area contributed by atoms with Gasteiger partial charge in [-0.25, -0.2) is 4.79 Å². The number of Topliss-reactive ketones (excluding diaryl/α,β-unsaturated/α-hetero) is 1. The van der Waals surface area contributed by atoms with E-state index in [9.17, 15) is 31.2 Å². The molecule has 0 aromatic heterocycles. The van der Waals surface area contributed by atoms with Crippen molar-refractivity contribution >= 4 is 22.0 Å². The number of carbonyl (C=O) groups excluding carboxylic acids is 2. The molecule has 1 spiro atoms. The summed E-state index contributed by atoms with van der Waals surface area (Å²) < 4.78 is 75.6. The summed E-state index contributed by atoms with van der Waals surface area (Å²) in [7, 11) is -5.85. The monoisotopic (exact) mass is 465 g/mol. The lowest BCUT2D eigenvalue weighted by molar-refractivity contribution is -0.0501. The molecular formula is C19H22F3NO7S. The van der Waals surface area contributed by atoms with Crippen LogP contribution in [0.4, 0.5) is 18.0 Å². The van der Waals surface area contributed by atoms with E-state index in [4.69, 9.17) is 9.47 Å². The smallest absolute Gasteiger partial charge is 0.486 e. The van der Waals surface area contributed by atoms with E-state index in [-0.39, 0.29) is 36.6 Å². The number of nitrogens with zero attached hydrogens (tertiary/aromatic N) is 1. The zero-order chi connectivity index (χ0) is 23.2. The van der Waals surface area contributed by atoms with Crippen LogP contribution in [0.3, 0.4) is 0 Å². The SMILES string of the molecule is CC(C)(C)OC(=O)N1CCC2(CC1)CC(=O)c1ccc(OS(=O)(=O)C(F)(F)F)cc1O2. The molecule has 1 saturated heterocycles. The highest BCUT2D eigenvalue weighted by atomic mass is 32.2. The van der Waals surface area contributed by atoms with Crippen molar-refractivity contribution in [3.63, 3.8) is 0 Å². The topological polar surface area (TPSA) is 99.2 Å². The van der Waals surface area contributed by atoms with Crippen LogP contribution in [0.15, 0.2) is 18.2 Å². The van der Waals surface area contributed by atoms with Crippen LogP contribution in [-0.2, 0) is 14.9 Å². The van der Waals surface area contributed by atoms with Gasteiger partial charge in [0.1, 0.15) is 22.7 Å². The second kappa shape index (κ2) is 7.57. The Bertz CT molecular complexity index is 991. The molecule has 12 heteroatoms. The lowest BCUT2D eigenvalue weighted by atomic mass is 9.82. The molecule has 0 atom stereocenters. The summed E-state index contributed by atoms with van der Waals surface area (Å²) in [5.74, 6) is -0.971. The van der Waals surface area contributed by atoms with Gasteiger partial charge in [-0.1, -0.05) is 0 Å². The molecule has 2 aliphatic heterocycles. The number of hydrogen-bond acceptors (Lipinski definition) is 7. The number of rotatable bonds is 2. The van der Waals surface area contributed by atoms with E-state index >= 15 is 0 Å². The van der Waals surface area contributed by atoms with Crippen molar-refractivity contribution in [3.8, 4) is 11.5 Å². The number of carbonyl (C=O) groups is 2. The van der Waals surface area contributed by atoms with Crippen LogP contribution in [0.5, 0.6) is 11.5 Å². The van der Waals surface area contributed by atoms with Crippen LogP contribution >= 0.6 is 0 Å². The molecule has 1 amide bonds. The van der Waals surface area contributed by atoms with Crippen molar-refractivity contribution in [2.24, 2.45) is 0 Å². The standard InChI is InChI=1S/C19H22F3NO7S/c1-17(2,3)29-16(25)23-8-6-18(7-9-23)11-14(24)13-5-4-12(10-15(13)28-18)30-31(26,27)19(20,21)22/h4-5,10H,6-9,11H2,1-3H3. The van der Waals surface area contributed by atoms with Crippen LogP contribution in [0.2, 0.25) is 0 Å². The average molecular weight is 465 g/mol. The Labute approximate surface area is 177 Å². The number of amides is 1. The number of piperidine rings is 1. The normalized spacial score (nSPS) is 18.9. The number of ether oxygens (including phenoxy) is 2. The zero-order valence-corrected chi connectivity index (χ0v) is 17.9. The fraction of sp³-hybridized carbons (Fsp3) is 0.579. The van der Waals surface area contributed by atoms with Gasteiger partial charge in [0.25, 0.3) is 0 Å². The summed E-state index contributed by atoms with van der Waals surface area (Å²) in [5, 5.41) is 0. The van der Waals surface area contributed by atoms with Crippen molar-refractivity contribution in [2.75, 3.05) is 13.1 Å². The largest absolute Gasteiger partial charge is 0.534 e. The van der Waals surface area contributed by atoms with Gasteiger partial charge in [0.2, 0.25) is 0 Å². The number of alkyl halides is 3. The third-order valence-corrected chi connectivity index (χ3v) is 5.86. The molecule has 0 saturated carbocycles. The van der Waals surface area contributed by atoms with Crippen molar-refractivity contribution in [3.05, 3.63) is 23.8 Å². The van der Waals surface area contributed by atoms with E-state index < -0.39 is 38.7 Å². The predicted molar refractivity (Wildman–Crippen MR) is 101 cm³/mol. The molecule has 0 N–H and O–H groups in total. The van der Waals surface area contributed by atoms with E-state index in [0.717, 1.165) is 12.1 Å². The molecule has 0 bridgehead atoms. The predicted octanol–water partition coefficient (Wildman–Crippen LogP) is 3.65. The lowest BCUT2D eigenvalue weighted by Crippen LogP contribution is -2.52. The van der Waals surface area contributed by atoms with Crippen molar-refractivity contribution in [1.82, 2.24) is 4.90 Å². The molecule has 0 aliphatic carbocycles. The molecule has 172 valence electrons.